The van der Waals surface area contributed by atoms with Crippen LogP contribution in [0.5, 0.6) is 11.5 Å². The van der Waals surface area contributed by atoms with E-state index in [1.54, 1.807) is 33.3 Å². The molecule has 0 radical (unpaired) electrons. The van der Waals surface area contributed by atoms with Crippen LogP contribution in [0.25, 0.3) is 0 Å². The number of rotatable bonds is 6. The summed E-state index contributed by atoms with van der Waals surface area (Å²) in [6, 6.07) is 9.93. The van der Waals surface area contributed by atoms with Crippen molar-refractivity contribution >= 4 is 0 Å². The molecule has 2 aromatic carbocycles. The molecule has 0 aliphatic heterocycles. The lowest BCUT2D eigenvalue weighted by Gasteiger charge is -2.27. The van der Waals surface area contributed by atoms with E-state index in [-0.39, 0.29) is 18.2 Å². The molecule has 24 heavy (non-hydrogen) atoms. The summed E-state index contributed by atoms with van der Waals surface area (Å²) in [6.45, 7) is 5.83. The van der Waals surface area contributed by atoms with E-state index in [9.17, 15) is 9.50 Å². The number of benzene rings is 2. The number of ether oxygens (including phenoxy) is 2. The lowest BCUT2D eigenvalue weighted by molar-refractivity contribution is 0.0570. The van der Waals surface area contributed by atoms with Crippen LogP contribution in [0.4, 0.5) is 4.39 Å². The van der Waals surface area contributed by atoms with E-state index in [4.69, 9.17) is 9.47 Å². The van der Waals surface area contributed by atoms with E-state index in [0.29, 0.717) is 17.1 Å². The third kappa shape index (κ3) is 3.88. The molecule has 0 aliphatic rings. The molecule has 0 spiro atoms. The van der Waals surface area contributed by atoms with Gasteiger partial charge in [0, 0.05) is 12.0 Å². The van der Waals surface area contributed by atoms with Crippen molar-refractivity contribution < 1.29 is 19.0 Å². The van der Waals surface area contributed by atoms with Crippen molar-refractivity contribution in [3.63, 3.8) is 0 Å². The smallest absolute Gasteiger partial charge is 0.126 e. The number of aliphatic hydroxyl groups is 1. The fourth-order valence-electron chi connectivity index (χ4n) is 2.97. The minimum Gasteiger partial charge on any atom is -0.496 e. The van der Waals surface area contributed by atoms with Gasteiger partial charge in [0.2, 0.25) is 0 Å². The molecule has 0 saturated heterocycles. The molecule has 3 nitrogen and oxygen atoms in total. The summed E-state index contributed by atoms with van der Waals surface area (Å²) in [5, 5.41) is 11.0. The Morgan fingerprint density at radius 2 is 1.67 bits per heavy atom. The molecular formula is C20H25FO3. The van der Waals surface area contributed by atoms with Crippen LogP contribution < -0.4 is 9.47 Å². The molecule has 0 amide bonds. The summed E-state index contributed by atoms with van der Waals surface area (Å²) in [4.78, 5) is 0. The van der Waals surface area contributed by atoms with Gasteiger partial charge in [0.05, 0.1) is 19.8 Å². The Balaban J connectivity index is 2.46. The van der Waals surface area contributed by atoms with Gasteiger partial charge < -0.3 is 14.6 Å². The molecule has 0 saturated carbocycles. The van der Waals surface area contributed by atoms with E-state index in [2.05, 4.69) is 13.8 Å². The summed E-state index contributed by atoms with van der Waals surface area (Å²) >= 11 is 0. The molecule has 1 atom stereocenters. The summed E-state index contributed by atoms with van der Waals surface area (Å²) in [5.41, 5.74) is 1.19. The normalized spacial score (nSPS) is 13.7. The van der Waals surface area contributed by atoms with E-state index in [0.717, 1.165) is 11.1 Å². The van der Waals surface area contributed by atoms with Crippen LogP contribution in [0.1, 0.15) is 43.4 Å². The monoisotopic (exact) mass is 332 g/mol. The average Bonchev–Trinajstić information content (AvgIpc) is 2.52. The zero-order chi connectivity index (χ0) is 17.9. The molecule has 1 unspecified atom stereocenters. The van der Waals surface area contributed by atoms with Crippen molar-refractivity contribution in [1.82, 2.24) is 0 Å². The molecule has 2 aromatic rings. The highest BCUT2D eigenvalue weighted by Crippen LogP contribution is 2.39. The van der Waals surface area contributed by atoms with Gasteiger partial charge in [0.1, 0.15) is 17.3 Å². The third-order valence-corrected chi connectivity index (χ3v) is 4.18. The molecule has 2 rings (SSSR count). The topological polar surface area (TPSA) is 38.7 Å². The van der Waals surface area contributed by atoms with Gasteiger partial charge in [0.25, 0.3) is 0 Å². The second-order valence-corrected chi connectivity index (χ2v) is 6.53. The Kier molecular flexibility index (Phi) is 5.50. The van der Waals surface area contributed by atoms with Gasteiger partial charge in [-0.05, 0) is 48.2 Å². The minimum atomic E-state index is -1.18. The summed E-state index contributed by atoms with van der Waals surface area (Å²) < 4.78 is 24.4. The van der Waals surface area contributed by atoms with Crippen molar-refractivity contribution in [3.05, 3.63) is 58.9 Å². The minimum absolute atomic E-state index is 0.220. The highest BCUT2D eigenvalue weighted by Gasteiger charge is 2.27. The standard InChI is InChI=1S/C20H25FO3/c1-13(2)19-17(23-4)10-15(11-18(19)24-5)20(3,22)12-14-7-6-8-16(21)9-14/h6-11,13,22H,12H2,1-5H3. The zero-order valence-electron chi connectivity index (χ0n) is 14.9. The predicted octanol–water partition coefficient (Wildman–Crippen LogP) is 4.42. The quantitative estimate of drug-likeness (QED) is 0.851. The van der Waals surface area contributed by atoms with E-state index in [1.165, 1.54) is 12.1 Å². The Labute approximate surface area is 143 Å². The van der Waals surface area contributed by atoms with Crippen molar-refractivity contribution in [2.45, 2.75) is 38.7 Å². The first-order chi connectivity index (χ1) is 11.3. The van der Waals surface area contributed by atoms with E-state index in [1.807, 2.05) is 12.1 Å². The predicted molar refractivity (Wildman–Crippen MR) is 93.3 cm³/mol. The number of halogens is 1. The highest BCUT2D eigenvalue weighted by molar-refractivity contribution is 5.51. The molecule has 0 aliphatic carbocycles. The van der Waals surface area contributed by atoms with Crippen LogP contribution in [0.3, 0.4) is 0 Å². The van der Waals surface area contributed by atoms with Crippen molar-refractivity contribution in [3.8, 4) is 11.5 Å². The van der Waals surface area contributed by atoms with Crippen LogP contribution in [0, 0.1) is 5.82 Å². The molecule has 0 aromatic heterocycles. The lowest BCUT2D eigenvalue weighted by Crippen LogP contribution is -2.24. The lowest BCUT2D eigenvalue weighted by atomic mass is 9.86. The van der Waals surface area contributed by atoms with E-state index < -0.39 is 5.60 Å². The Morgan fingerprint density at radius 1 is 1.08 bits per heavy atom. The maximum atomic E-state index is 13.4. The van der Waals surface area contributed by atoms with Crippen LogP contribution >= 0.6 is 0 Å². The van der Waals surface area contributed by atoms with Crippen molar-refractivity contribution in [1.29, 1.82) is 0 Å². The van der Waals surface area contributed by atoms with Crippen LogP contribution in [0.2, 0.25) is 0 Å². The second-order valence-electron chi connectivity index (χ2n) is 6.53. The zero-order valence-corrected chi connectivity index (χ0v) is 14.9. The highest BCUT2D eigenvalue weighted by atomic mass is 19.1. The Bertz CT molecular complexity index is 683. The molecule has 4 heteroatoms. The number of hydrogen-bond donors (Lipinski definition) is 1. The fourth-order valence-corrected chi connectivity index (χ4v) is 2.97. The number of methoxy groups -OCH3 is 2. The Morgan fingerprint density at radius 3 is 2.12 bits per heavy atom. The third-order valence-electron chi connectivity index (χ3n) is 4.18. The first-order valence-corrected chi connectivity index (χ1v) is 8.01. The molecule has 0 fully saturated rings. The van der Waals surface area contributed by atoms with Gasteiger partial charge >= 0.3 is 0 Å². The SMILES string of the molecule is COc1cc(C(C)(O)Cc2cccc(F)c2)cc(OC)c1C(C)C. The van der Waals surface area contributed by atoms with Crippen LogP contribution in [-0.4, -0.2) is 19.3 Å². The maximum absolute atomic E-state index is 13.4. The number of hydrogen-bond acceptors (Lipinski definition) is 3. The largest absolute Gasteiger partial charge is 0.496 e. The van der Waals surface area contributed by atoms with Crippen molar-refractivity contribution in [2.24, 2.45) is 0 Å². The van der Waals surface area contributed by atoms with Crippen LogP contribution in [0.15, 0.2) is 36.4 Å². The summed E-state index contributed by atoms with van der Waals surface area (Å²) in [6.07, 6.45) is 0.290. The van der Waals surface area contributed by atoms with Gasteiger partial charge in [-0.25, -0.2) is 4.39 Å². The van der Waals surface area contributed by atoms with Gasteiger partial charge in [-0.15, -0.1) is 0 Å². The van der Waals surface area contributed by atoms with Crippen LogP contribution in [-0.2, 0) is 12.0 Å². The second kappa shape index (κ2) is 7.22. The van der Waals surface area contributed by atoms with Gasteiger partial charge in [-0.1, -0.05) is 26.0 Å². The summed E-state index contributed by atoms with van der Waals surface area (Å²) in [7, 11) is 3.21. The molecular weight excluding hydrogens is 307 g/mol. The Hall–Kier alpha value is -2.07. The summed E-state index contributed by atoms with van der Waals surface area (Å²) in [5.74, 6) is 1.27. The fraction of sp³-hybridized carbons (Fsp3) is 0.400. The maximum Gasteiger partial charge on any atom is 0.126 e. The van der Waals surface area contributed by atoms with Gasteiger partial charge in [-0.2, -0.15) is 0 Å². The van der Waals surface area contributed by atoms with E-state index >= 15 is 0 Å². The molecule has 1 N–H and O–H groups in total. The first-order valence-electron chi connectivity index (χ1n) is 8.01. The first kappa shape index (κ1) is 18.3. The molecule has 0 bridgehead atoms. The van der Waals surface area contributed by atoms with Gasteiger partial charge in [-0.3, -0.25) is 0 Å². The van der Waals surface area contributed by atoms with Gasteiger partial charge in [0.15, 0.2) is 0 Å². The molecule has 130 valence electrons. The molecule has 0 heterocycles. The van der Waals surface area contributed by atoms with Crippen molar-refractivity contribution in [2.75, 3.05) is 14.2 Å². The average molecular weight is 332 g/mol.